The summed E-state index contributed by atoms with van der Waals surface area (Å²) in [6.07, 6.45) is -2.90. The highest BCUT2D eigenvalue weighted by molar-refractivity contribution is 7.87. The van der Waals surface area contributed by atoms with Crippen LogP contribution in [0.3, 0.4) is 0 Å². The fourth-order valence-corrected chi connectivity index (χ4v) is 4.09. The van der Waals surface area contributed by atoms with Gasteiger partial charge in [0.1, 0.15) is 6.26 Å². The third-order valence-electron chi connectivity index (χ3n) is 4.49. The molecule has 0 radical (unpaired) electrons. The molecule has 1 unspecified atom stereocenters. The van der Waals surface area contributed by atoms with E-state index in [0.717, 1.165) is 18.4 Å². The number of aryl methyl sites for hydroxylation is 1. The highest BCUT2D eigenvalue weighted by atomic mass is 32.2. The summed E-state index contributed by atoms with van der Waals surface area (Å²) in [5, 5.41) is 2.57. The molecule has 1 saturated heterocycles. The van der Waals surface area contributed by atoms with E-state index >= 15 is 0 Å². The van der Waals surface area contributed by atoms with Gasteiger partial charge in [-0.2, -0.15) is 30.9 Å². The normalized spacial score (nSPS) is 18.0. The Labute approximate surface area is 165 Å². The summed E-state index contributed by atoms with van der Waals surface area (Å²) in [6, 6.07) is 2.87. The smallest absolute Gasteiger partial charge is 0.416 e. The number of nitrogens with one attached hydrogen (secondary N) is 2. The molecule has 29 heavy (non-hydrogen) atoms. The van der Waals surface area contributed by atoms with Crippen molar-refractivity contribution in [2.75, 3.05) is 18.4 Å². The van der Waals surface area contributed by atoms with E-state index in [4.69, 9.17) is 4.42 Å². The maximum absolute atomic E-state index is 12.9. The second-order valence-electron chi connectivity index (χ2n) is 6.88. The Bertz CT molecular complexity index is 1020. The van der Waals surface area contributed by atoms with Crippen molar-refractivity contribution in [3.63, 3.8) is 0 Å². The van der Waals surface area contributed by atoms with Crippen molar-refractivity contribution in [1.82, 2.24) is 14.0 Å². The van der Waals surface area contributed by atoms with Crippen LogP contribution in [-0.4, -0.2) is 36.7 Å². The number of aromatic nitrogens is 1. The molecule has 0 spiro atoms. The number of amides is 1. The van der Waals surface area contributed by atoms with Gasteiger partial charge >= 0.3 is 16.4 Å². The first-order valence-corrected chi connectivity index (χ1v) is 10.1. The minimum atomic E-state index is -4.52. The third-order valence-corrected chi connectivity index (χ3v) is 5.95. The van der Waals surface area contributed by atoms with Gasteiger partial charge in [0.15, 0.2) is 5.69 Å². The van der Waals surface area contributed by atoms with Crippen LogP contribution in [0.2, 0.25) is 0 Å². The monoisotopic (exact) mass is 432 g/mol. The highest BCUT2D eigenvalue weighted by Gasteiger charge is 2.32. The molecule has 3 rings (SSSR count). The number of alkyl halides is 3. The van der Waals surface area contributed by atoms with Crippen LogP contribution in [0.15, 0.2) is 28.9 Å². The molecule has 8 nitrogen and oxygen atoms in total. The lowest BCUT2D eigenvalue weighted by Crippen LogP contribution is -2.42. The predicted molar refractivity (Wildman–Crippen MR) is 97.7 cm³/mol. The number of hydrogen-bond donors (Lipinski definition) is 2. The largest absolute Gasteiger partial charge is 0.431 e. The van der Waals surface area contributed by atoms with Crippen LogP contribution in [0.1, 0.15) is 35.0 Å². The minimum Gasteiger partial charge on any atom is -0.431 e. The van der Waals surface area contributed by atoms with E-state index in [1.807, 2.05) is 11.6 Å². The molecule has 0 aliphatic carbocycles. The molecule has 1 amide bonds. The van der Waals surface area contributed by atoms with Crippen molar-refractivity contribution < 1.29 is 30.8 Å². The minimum absolute atomic E-state index is 0.0901. The highest BCUT2D eigenvalue weighted by Crippen LogP contribution is 2.33. The van der Waals surface area contributed by atoms with Crippen LogP contribution in [0.25, 0.3) is 0 Å². The SMILES string of the molecule is Cc1ccc(C(F)(F)F)cc1Nc1nc(C(=O)NS(=O)(=O)N2CCC(C)C2)co1. The number of carbonyl (C=O) groups is 1. The Morgan fingerprint density at radius 3 is 2.69 bits per heavy atom. The van der Waals surface area contributed by atoms with Crippen LogP contribution in [0.5, 0.6) is 0 Å². The van der Waals surface area contributed by atoms with Gasteiger partial charge in [0.05, 0.1) is 5.56 Å². The summed E-state index contributed by atoms with van der Waals surface area (Å²) >= 11 is 0. The summed E-state index contributed by atoms with van der Waals surface area (Å²) in [5.74, 6) is -0.803. The Kier molecular flexibility index (Phi) is 5.59. The van der Waals surface area contributed by atoms with Crippen LogP contribution in [-0.2, 0) is 16.4 Å². The summed E-state index contributed by atoms with van der Waals surface area (Å²) in [5.41, 5.74) is -0.603. The molecule has 1 aliphatic rings. The van der Waals surface area contributed by atoms with E-state index in [1.54, 1.807) is 6.92 Å². The number of hydrogen-bond acceptors (Lipinski definition) is 6. The first-order valence-electron chi connectivity index (χ1n) is 8.68. The first-order chi connectivity index (χ1) is 13.5. The molecular weight excluding hydrogens is 413 g/mol. The maximum Gasteiger partial charge on any atom is 0.416 e. The molecule has 1 aromatic carbocycles. The van der Waals surface area contributed by atoms with Crippen molar-refractivity contribution in [3.05, 3.63) is 41.3 Å². The molecule has 158 valence electrons. The molecule has 1 fully saturated rings. The van der Waals surface area contributed by atoms with Gasteiger partial charge in [-0.3, -0.25) is 4.79 Å². The third kappa shape index (κ3) is 4.88. The van der Waals surface area contributed by atoms with Crippen LogP contribution in [0.4, 0.5) is 24.9 Å². The van der Waals surface area contributed by atoms with E-state index < -0.39 is 27.9 Å². The van der Waals surface area contributed by atoms with Crippen molar-refractivity contribution >= 4 is 27.8 Å². The Hall–Kier alpha value is -2.60. The molecule has 2 aromatic rings. The van der Waals surface area contributed by atoms with E-state index in [9.17, 15) is 26.4 Å². The van der Waals surface area contributed by atoms with Gasteiger partial charge in [0, 0.05) is 18.8 Å². The number of nitrogens with zero attached hydrogens (tertiary/aromatic N) is 2. The number of oxazole rings is 1. The predicted octanol–water partition coefficient (Wildman–Crippen LogP) is 3.06. The molecule has 1 aliphatic heterocycles. The Morgan fingerprint density at radius 1 is 1.34 bits per heavy atom. The Balaban J connectivity index is 1.72. The summed E-state index contributed by atoms with van der Waals surface area (Å²) in [7, 11) is -4.01. The molecule has 0 bridgehead atoms. The van der Waals surface area contributed by atoms with Crippen LogP contribution in [0, 0.1) is 12.8 Å². The number of benzene rings is 1. The average molecular weight is 432 g/mol. The summed E-state index contributed by atoms with van der Waals surface area (Å²) in [6.45, 7) is 4.11. The number of carbonyl (C=O) groups excluding carboxylic acids is 1. The first kappa shape index (κ1) is 21.1. The number of halogens is 3. The van der Waals surface area contributed by atoms with Gasteiger partial charge in [-0.05, 0) is 37.0 Å². The molecular formula is C17H19F3N4O4S. The summed E-state index contributed by atoms with van der Waals surface area (Å²) in [4.78, 5) is 16.0. The van der Waals surface area contributed by atoms with Crippen molar-refractivity contribution in [2.45, 2.75) is 26.4 Å². The van der Waals surface area contributed by atoms with Gasteiger partial charge < -0.3 is 9.73 Å². The molecule has 12 heteroatoms. The van der Waals surface area contributed by atoms with E-state index in [1.165, 1.54) is 10.4 Å². The molecule has 1 atom stereocenters. The Morgan fingerprint density at radius 2 is 2.07 bits per heavy atom. The zero-order valence-corrected chi connectivity index (χ0v) is 16.4. The fraction of sp³-hybridized carbons (Fsp3) is 0.412. The van der Waals surface area contributed by atoms with Crippen LogP contribution < -0.4 is 10.0 Å². The topological polar surface area (TPSA) is 105 Å². The van der Waals surface area contributed by atoms with E-state index in [2.05, 4.69) is 10.3 Å². The maximum atomic E-state index is 12.9. The number of rotatable bonds is 5. The molecule has 2 heterocycles. The fourth-order valence-electron chi connectivity index (χ4n) is 2.83. The molecule has 1 aromatic heterocycles. The van der Waals surface area contributed by atoms with Gasteiger partial charge in [0.2, 0.25) is 0 Å². The van der Waals surface area contributed by atoms with Crippen molar-refractivity contribution in [2.24, 2.45) is 5.92 Å². The van der Waals surface area contributed by atoms with E-state index in [-0.39, 0.29) is 23.3 Å². The van der Waals surface area contributed by atoms with Gasteiger partial charge in [0.25, 0.3) is 11.9 Å². The van der Waals surface area contributed by atoms with Gasteiger partial charge in [-0.25, -0.2) is 4.72 Å². The second kappa shape index (κ2) is 7.67. The van der Waals surface area contributed by atoms with Crippen LogP contribution >= 0.6 is 0 Å². The van der Waals surface area contributed by atoms with Gasteiger partial charge in [-0.1, -0.05) is 13.0 Å². The lowest BCUT2D eigenvalue weighted by molar-refractivity contribution is -0.137. The standard InChI is InChI=1S/C17H19F3N4O4S/c1-10-5-6-24(8-10)29(26,27)23-15(25)14-9-28-16(22-14)21-13-7-12(17(18,19)20)4-3-11(13)2/h3-4,7,9-10H,5-6,8H2,1-2H3,(H,21,22)(H,23,25). The summed E-state index contributed by atoms with van der Waals surface area (Å²) < 4.78 is 71.3. The molecule has 2 N–H and O–H groups in total. The lowest BCUT2D eigenvalue weighted by Gasteiger charge is -2.15. The van der Waals surface area contributed by atoms with Crippen molar-refractivity contribution in [3.8, 4) is 0 Å². The molecule has 0 saturated carbocycles. The second-order valence-corrected chi connectivity index (χ2v) is 8.55. The zero-order chi connectivity index (χ0) is 21.4. The number of anilines is 2. The van der Waals surface area contributed by atoms with E-state index in [0.29, 0.717) is 25.1 Å². The quantitative estimate of drug-likeness (QED) is 0.753. The average Bonchev–Trinajstić information content (AvgIpc) is 3.25. The zero-order valence-electron chi connectivity index (χ0n) is 15.6. The lowest BCUT2D eigenvalue weighted by atomic mass is 10.1. The van der Waals surface area contributed by atoms with Crippen molar-refractivity contribution in [1.29, 1.82) is 0 Å². The van der Waals surface area contributed by atoms with Gasteiger partial charge in [-0.15, -0.1) is 0 Å².